The fourth-order valence-electron chi connectivity index (χ4n) is 1.90. The lowest BCUT2D eigenvalue weighted by atomic mass is 9.85. The van der Waals surface area contributed by atoms with Crippen molar-refractivity contribution in [2.45, 2.75) is 25.0 Å². The van der Waals surface area contributed by atoms with Crippen LogP contribution in [0.1, 0.15) is 19.8 Å². The van der Waals surface area contributed by atoms with Crippen molar-refractivity contribution >= 4 is 16.9 Å². The van der Waals surface area contributed by atoms with Crippen molar-refractivity contribution in [3.63, 3.8) is 0 Å². The van der Waals surface area contributed by atoms with E-state index in [0.29, 0.717) is 22.2 Å². The summed E-state index contributed by atoms with van der Waals surface area (Å²) in [5.74, 6) is 0.937. The van der Waals surface area contributed by atoms with Crippen LogP contribution in [0.25, 0.3) is 0 Å². The molecule has 1 nitrogen and oxygen atoms in total. The van der Waals surface area contributed by atoms with Crippen molar-refractivity contribution in [2.24, 2.45) is 11.8 Å². The van der Waals surface area contributed by atoms with Gasteiger partial charge in [-0.25, -0.2) is 0 Å². The standard InChI is InChI=1S/C9H12OS/c1-6-7-4-2-3-5-8(7)11-9(6)10/h2-3,6-8H,4-5H2,1H3. The number of thioether (sulfide) groups is 1. The van der Waals surface area contributed by atoms with Crippen LogP contribution in [0, 0.1) is 11.8 Å². The van der Waals surface area contributed by atoms with Crippen LogP contribution in [0.3, 0.4) is 0 Å². The number of hydrogen-bond donors (Lipinski definition) is 0. The van der Waals surface area contributed by atoms with E-state index >= 15 is 0 Å². The van der Waals surface area contributed by atoms with Gasteiger partial charge in [-0.05, 0) is 18.8 Å². The van der Waals surface area contributed by atoms with E-state index in [1.807, 2.05) is 0 Å². The van der Waals surface area contributed by atoms with Crippen molar-refractivity contribution in [3.05, 3.63) is 12.2 Å². The van der Waals surface area contributed by atoms with Crippen molar-refractivity contribution in [2.75, 3.05) is 0 Å². The maximum atomic E-state index is 11.3. The molecule has 1 aliphatic carbocycles. The molecule has 0 amide bonds. The van der Waals surface area contributed by atoms with Crippen molar-refractivity contribution in [3.8, 4) is 0 Å². The highest BCUT2D eigenvalue weighted by molar-refractivity contribution is 8.14. The Bertz CT molecular complexity index is 210. The number of allylic oxidation sites excluding steroid dienone is 2. The van der Waals surface area contributed by atoms with Crippen LogP contribution in [0.15, 0.2) is 12.2 Å². The van der Waals surface area contributed by atoms with Crippen LogP contribution in [-0.2, 0) is 4.79 Å². The summed E-state index contributed by atoms with van der Waals surface area (Å²) in [4.78, 5) is 11.3. The van der Waals surface area contributed by atoms with Gasteiger partial charge in [0.2, 0.25) is 0 Å². The molecule has 3 atom stereocenters. The normalized spacial score (nSPS) is 42.6. The largest absolute Gasteiger partial charge is 0.287 e. The number of hydrogen-bond acceptors (Lipinski definition) is 2. The first kappa shape index (κ1) is 7.41. The Morgan fingerprint density at radius 1 is 1.45 bits per heavy atom. The Kier molecular flexibility index (Phi) is 1.80. The highest BCUT2D eigenvalue weighted by Crippen LogP contribution is 2.43. The lowest BCUT2D eigenvalue weighted by Crippen LogP contribution is -2.19. The second-order valence-electron chi connectivity index (χ2n) is 3.37. The summed E-state index contributed by atoms with van der Waals surface area (Å²) >= 11 is 1.57. The van der Waals surface area contributed by atoms with Gasteiger partial charge in [0.25, 0.3) is 0 Å². The molecule has 2 rings (SSSR count). The summed E-state index contributed by atoms with van der Waals surface area (Å²) in [6.07, 6.45) is 6.65. The van der Waals surface area contributed by atoms with E-state index in [-0.39, 0.29) is 0 Å². The first-order valence-corrected chi connectivity index (χ1v) is 5.02. The molecule has 0 aromatic carbocycles. The fourth-order valence-corrected chi connectivity index (χ4v) is 3.32. The van der Waals surface area contributed by atoms with Crippen molar-refractivity contribution in [1.82, 2.24) is 0 Å². The predicted octanol–water partition coefficient (Wildman–Crippen LogP) is 2.23. The van der Waals surface area contributed by atoms with Gasteiger partial charge in [0.15, 0.2) is 5.12 Å². The summed E-state index contributed by atoms with van der Waals surface area (Å²) in [5, 5.41) is 1.01. The van der Waals surface area contributed by atoms with Gasteiger partial charge in [-0.1, -0.05) is 30.8 Å². The Balaban J connectivity index is 2.18. The van der Waals surface area contributed by atoms with E-state index in [9.17, 15) is 4.79 Å². The minimum Gasteiger partial charge on any atom is -0.287 e. The summed E-state index contributed by atoms with van der Waals surface area (Å²) in [5.41, 5.74) is 0. The van der Waals surface area contributed by atoms with Crippen LogP contribution in [0.2, 0.25) is 0 Å². The van der Waals surface area contributed by atoms with E-state index in [2.05, 4.69) is 19.1 Å². The topological polar surface area (TPSA) is 17.1 Å². The molecule has 0 spiro atoms. The third kappa shape index (κ3) is 1.13. The number of rotatable bonds is 0. The molecule has 1 heterocycles. The molecule has 0 N–H and O–H groups in total. The van der Waals surface area contributed by atoms with Crippen molar-refractivity contribution < 1.29 is 4.79 Å². The van der Waals surface area contributed by atoms with Crippen LogP contribution in [-0.4, -0.2) is 10.4 Å². The zero-order valence-electron chi connectivity index (χ0n) is 6.62. The molecule has 0 saturated carbocycles. The minimum atomic E-state index is 0.301. The van der Waals surface area contributed by atoms with Crippen LogP contribution < -0.4 is 0 Å². The molecule has 1 saturated heterocycles. The van der Waals surface area contributed by atoms with E-state index in [4.69, 9.17) is 0 Å². The molecule has 2 aliphatic rings. The lowest BCUT2D eigenvalue weighted by molar-refractivity contribution is -0.114. The lowest BCUT2D eigenvalue weighted by Gasteiger charge is -2.21. The van der Waals surface area contributed by atoms with Gasteiger partial charge in [0.1, 0.15) is 0 Å². The average Bonchev–Trinajstić information content (AvgIpc) is 2.30. The molecule has 60 valence electrons. The van der Waals surface area contributed by atoms with Crippen molar-refractivity contribution in [1.29, 1.82) is 0 Å². The molecule has 11 heavy (non-hydrogen) atoms. The molecule has 0 aromatic rings. The summed E-state index contributed by atoms with van der Waals surface area (Å²) in [6.45, 7) is 2.07. The van der Waals surface area contributed by atoms with Gasteiger partial charge >= 0.3 is 0 Å². The first-order valence-electron chi connectivity index (χ1n) is 4.14. The molecule has 0 radical (unpaired) electrons. The Labute approximate surface area is 71.2 Å². The Morgan fingerprint density at radius 3 is 2.91 bits per heavy atom. The third-order valence-electron chi connectivity index (χ3n) is 2.70. The van der Waals surface area contributed by atoms with E-state index in [1.54, 1.807) is 11.8 Å². The number of carbonyl (C=O) groups is 1. The molecule has 0 bridgehead atoms. The monoisotopic (exact) mass is 168 g/mol. The predicted molar refractivity (Wildman–Crippen MR) is 47.4 cm³/mol. The van der Waals surface area contributed by atoms with Gasteiger partial charge in [-0.3, -0.25) is 4.79 Å². The number of carbonyl (C=O) groups excluding carboxylic acids is 1. The third-order valence-corrected chi connectivity index (χ3v) is 4.15. The highest BCUT2D eigenvalue weighted by atomic mass is 32.2. The summed E-state index contributed by atoms with van der Waals surface area (Å²) in [7, 11) is 0. The molecule has 2 heteroatoms. The first-order chi connectivity index (χ1) is 5.29. The molecule has 3 unspecified atom stereocenters. The molecular weight excluding hydrogens is 156 g/mol. The molecule has 1 fully saturated rings. The van der Waals surface area contributed by atoms with Gasteiger partial charge < -0.3 is 0 Å². The fraction of sp³-hybridized carbons (Fsp3) is 0.667. The van der Waals surface area contributed by atoms with E-state index < -0.39 is 0 Å². The maximum absolute atomic E-state index is 11.3. The second kappa shape index (κ2) is 2.67. The van der Waals surface area contributed by atoms with Crippen LogP contribution in [0.5, 0.6) is 0 Å². The molecule has 1 aliphatic heterocycles. The quantitative estimate of drug-likeness (QED) is 0.516. The zero-order valence-corrected chi connectivity index (χ0v) is 7.43. The van der Waals surface area contributed by atoms with E-state index in [1.165, 1.54) is 0 Å². The molecule has 0 aromatic heterocycles. The number of fused-ring (bicyclic) bond motifs is 1. The van der Waals surface area contributed by atoms with Gasteiger partial charge in [0.05, 0.1) is 0 Å². The second-order valence-corrected chi connectivity index (χ2v) is 4.61. The summed E-state index contributed by atoms with van der Waals surface area (Å²) < 4.78 is 0. The SMILES string of the molecule is CC1C(=O)SC2CC=CCC21. The molecular formula is C9H12OS. The van der Waals surface area contributed by atoms with E-state index in [0.717, 1.165) is 12.8 Å². The van der Waals surface area contributed by atoms with Gasteiger partial charge in [-0.2, -0.15) is 0 Å². The zero-order chi connectivity index (χ0) is 7.84. The Morgan fingerprint density at radius 2 is 2.18 bits per heavy atom. The maximum Gasteiger partial charge on any atom is 0.192 e. The smallest absolute Gasteiger partial charge is 0.192 e. The van der Waals surface area contributed by atoms with Gasteiger partial charge in [-0.15, -0.1) is 0 Å². The van der Waals surface area contributed by atoms with Gasteiger partial charge in [0, 0.05) is 11.2 Å². The highest BCUT2D eigenvalue weighted by Gasteiger charge is 2.39. The summed E-state index contributed by atoms with van der Waals surface area (Å²) in [6, 6.07) is 0. The van der Waals surface area contributed by atoms with Crippen LogP contribution in [0.4, 0.5) is 0 Å². The average molecular weight is 168 g/mol. The van der Waals surface area contributed by atoms with Crippen LogP contribution >= 0.6 is 11.8 Å². The minimum absolute atomic E-state index is 0.301. The Hall–Kier alpha value is -0.240.